The molecule has 0 fully saturated rings. The number of aromatic nitrogens is 3. The zero-order valence-electron chi connectivity index (χ0n) is 9.02. The zero-order valence-corrected chi connectivity index (χ0v) is 9.02. The van der Waals surface area contributed by atoms with E-state index in [-0.39, 0.29) is 0 Å². The van der Waals surface area contributed by atoms with Gasteiger partial charge in [0, 0.05) is 23.7 Å². The molecule has 0 amide bonds. The lowest BCUT2D eigenvalue weighted by molar-refractivity contribution is 0.0601. The molecule has 0 unspecified atom stereocenters. The van der Waals surface area contributed by atoms with E-state index in [9.17, 15) is 4.79 Å². The first-order valence-electron chi connectivity index (χ1n) is 4.77. The summed E-state index contributed by atoms with van der Waals surface area (Å²) >= 11 is 0. The van der Waals surface area contributed by atoms with Gasteiger partial charge in [-0.25, -0.2) is 4.79 Å². The largest absolute Gasteiger partial charge is 0.465 e. The van der Waals surface area contributed by atoms with Crippen LogP contribution in [0.5, 0.6) is 0 Å². The van der Waals surface area contributed by atoms with Crippen molar-refractivity contribution < 1.29 is 9.53 Å². The third-order valence-corrected chi connectivity index (χ3v) is 2.29. The van der Waals surface area contributed by atoms with Crippen molar-refractivity contribution in [2.45, 2.75) is 6.92 Å². The summed E-state index contributed by atoms with van der Waals surface area (Å²) in [6, 6.07) is 3.59. The second-order valence-electron chi connectivity index (χ2n) is 3.30. The molecular weight excluding hydrogens is 206 g/mol. The van der Waals surface area contributed by atoms with Crippen LogP contribution >= 0.6 is 0 Å². The molecule has 1 N–H and O–H groups in total. The molecule has 0 spiro atoms. The van der Waals surface area contributed by atoms with Crippen molar-refractivity contribution in [3.8, 4) is 11.3 Å². The Hall–Kier alpha value is -2.17. The number of H-pyrrole nitrogens is 1. The summed E-state index contributed by atoms with van der Waals surface area (Å²) in [5.74, 6) is -0.391. The lowest BCUT2D eigenvalue weighted by Crippen LogP contribution is -2.03. The van der Waals surface area contributed by atoms with E-state index in [2.05, 4.69) is 15.2 Å². The number of esters is 1. The van der Waals surface area contributed by atoms with Gasteiger partial charge in [0.25, 0.3) is 0 Å². The predicted octanol–water partition coefficient (Wildman–Crippen LogP) is 1.57. The topological polar surface area (TPSA) is 67.9 Å². The van der Waals surface area contributed by atoms with Crippen molar-refractivity contribution in [3.05, 3.63) is 35.8 Å². The van der Waals surface area contributed by atoms with Gasteiger partial charge in [0.2, 0.25) is 0 Å². The molecule has 0 radical (unpaired) electrons. The van der Waals surface area contributed by atoms with Crippen LogP contribution in [0.2, 0.25) is 0 Å². The quantitative estimate of drug-likeness (QED) is 0.775. The Balaban J connectivity index is 2.55. The van der Waals surface area contributed by atoms with Crippen molar-refractivity contribution in [3.63, 3.8) is 0 Å². The molecule has 0 saturated carbocycles. The Morgan fingerprint density at radius 2 is 2.06 bits per heavy atom. The number of rotatable bonds is 2. The molecule has 0 aliphatic carbocycles. The van der Waals surface area contributed by atoms with Crippen LogP contribution in [-0.4, -0.2) is 28.3 Å². The minimum atomic E-state index is -0.391. The number of methoxy groups -OCH3 is 1. The zero-order chi connectivity index (χ0) is 11.5. The minimum absolute atomic E-state index is 0.391. The standard InChI is InChI=1S/C11H11N3O2/c1-7-9(11(15)16-2)10(14-13-7)8-3-5-12-6-4-8/h3-6H,1-2H3,(H,13,14). The molecule has 0 aliphatic rings. The molecule has 5 heteroatoms. The number of pyridine rings is 1. The number of aromatic amines is 1. The molecule has 82 valence electrons. The number of aryl methyl sites for hydroxylation is 1. The van der Waals surface area contributed by atoms with Crippen molar-refractivity contribution in [1.82, 2.24) is 15.2 Å². The number of hydrogen-bond acceptors (Lipinski definition) is 4. The summed E-state index contributed by atoms with van der Waals surface area (Å²) in [5.41, 5.74) is 2.58. The first-order chi connectivity index (χ1) is 7.74. The van der Waals surface area contributed by atoms with Gasteiger partial charge in [-0.2, -0.15) is 5.10 Å². The van der Waals surface area contributed by atoms with Crippen LogP contribution in [0, 0.1) is 6.92 Å². The number of ether oxygens (including phenoxy) is 1. The lowest BCUT2D eigenvalue weighted by atomic mass is 10.1. The normalized spacial score (nSPS) is 10.1. The molecule has 0 atom stereocenters. The maximum absolute atomic E-state index is 11.6. The van der Waals surface area contributed by atoms with Crippen LogP contribution in [0.25, 0.3) is 11.3 Å². The van der Waals surface area contributed by atoms with Crippen LogP contribution in [0.15, 0.2) is 24.5 Å². The Labute approximate surface area is 92.5 Å². The van der Waals surface area contributed by atoms with Gasteiger partial charge in [-0.3, -0.25) is 10.1 Å². The number of nitrogens with one attached hydrogen (secondary N) is 1. The number of hydrogen-bond donors (Lipinski definition) is 1. The van der Waals surface area contributed by atoms with Crippen LogP contribution < -0.4 is 0 Å². The highest BCUT2D eigenvalue weighted by atomic mass is 16.5. The van der Waals surface area contributed by atoms with Gasteiger partial charge in [0.1, 0.15) is 11.3 Å². The highest BCUT2D eigenvalue weighted by Gasteiger charge is 2.19. The fourth-order valence-electron chi connectivity index (χ4n) is 1.50. The molecule has 2 aromatic rings. The maximum atomic E-state index is 11.6. The van der Waals surface area contributed by atoms with E-state index in [1.165, 1.54) is 7.11 Å². The minimum Gasteiger partial charge on any atom is -0.465 e. The molecule has 2 rings (SSSR count). The van der Waals surface area contributed by atoms with Gasteiger partial charge < -0.3 is 4.74 Å². The monoisotopic (exact) mass is 217 g/mol. The highest BCUT2D eigenvalue weighted by Crippen LogP contribution is 2.23. The second-order valence-corrected chi connectivity index (χ2v) is 3.30. The Kier molecular flexibility index (Phi) is 2.68. The van der Waals surface area contributed by atoms with E-state index in [0.717, 1.165) is 5.56 Å². The van der Waals surface area contributed by atoms with Crippen molar-refractivity contribution >= 4 is 5.97 Å². The molecule has 0 aromatic carbocycles. The number of carbonyl (C=O) groups excluding carboxylic acids is 1. The van der Waals surface area contributed by atoms with Crippen LogP contribution in [0.1, 0.15) is 16.1 Å². The maximum Gasteiger partial charge on any atom is 0.341 e. The van der Waals surface area contributed by atoms with E-state index >= 15 is 0 Å². The third kappa shape index (κ3) is 1.67. The van der Waals surface area contributed by atoms with E-state index in [1.807, 2.05) is 0 Å². The molecule has 0 bridgehead atoms. The van der Waals surface area contributed by atoms with Gasteiger partial charge in [-0.05, 0) is 19.1 Å². The Bertz CT molecular complexity index is 505. The summed E-state index contributed by atoms with van der Waals surface area (Å²) in [7, 11) is 1.35. The number of nitrogens with zero attached hydrogens (tertiary/aromatic N) is 2. The molecule has 0 aliphatic heterocycles. The smallest absolute Gasteiger partial charge is 0.341 e. The fourth-order valence-corrected chi connectivity index (χ4v) is 1.50. The molecule has 2 aromatic heterocycles. The average molecular weight is 217 g/mol. The summed E-state index contributed by atoms with van der Waals surface area (Å²) in [5, 5.41) is 6.88. The summed E-state index contributed by atoms with van der Waals surface area (Å²) in [6.07, 6.45) is 3.31. The van der Waals surface area contributed by atoms with E-state index < -0.39 is 5.97 Å². The first-order valence-corrected chi connectivity index (χ1v) is 4.77. The van der Waals surface area contributed by atoms with Gasteiger partial charge >= 0.3 is 5.97 Å². The van der Waals surface area contributed by atoms with E-state index in [0.29, 0.717) is 17.0 Å². The van der Waals surface area contributed by atoms with Gasteiger partial charge in [0.15, 0.2) is 0 Å². The predicted molar refractivity (Wildman–Crippen MR) is 57.9 cm³/mol. The van der Waals surface area contributed by atoms with Crippen LogP contribution in [0.3, 0.4) is 0 Å². The molecule has 0 saturated heterocycles. The Morgan fingerprint density at radius 1 is 1.38 bits per heavy atom. The molecule has 16 heavy (non-hydrogen) atoms. The van der Waals surface area contributed by atoms with Crippen molar-refractivity contribution in [2.24, 2.45) is 0 Å². The van der Waals surface area contributed by atoms with Gasteiger partial charge in [0.05, 0.1) is 7.11 Å². The third-order valence-electron chi connectivity index (χ3n) is 2.29. The summed E-state index contributed by atoms with van der Waals surface area (Å²) in [6.45, 7) is 1.78. The van der Waals surface area contributed by atoms with Crippen LogP contribution in [-0.2, 0) is 4.74 Å². The van der Waals surface area contributed by atoms with Crippen LogP contribution in [0.4, 0.5) is 0 Å². The van der Waals surface area contributed by atoms with Crippen molar-refractivity contribution in [2.75, 3.05) is 7.11 Å². The van der Waals surface area contributed by atoms with E-state index in [4.69, 9.17) is 4.74 Å². The summed E-state index contributed by atoms with van der Waals surface area (Å²) < 4.78 is 4.72. The average Bonchev–Trinajstić information content (AvgIpc) is 2.71. The van der Waals surface area contributed by atoms with Gasteiger partial charge in [-0.15, -0.1) is 0 Å². The van der Waals surface area contributed by atoms with Gasteiger partial charge in [-0.1, -0.05) is 0 Å². The second kappa shape index (κ2) is 4.14. The van der Waals surface area contributed by atoms with E-state index in [1.54, 1.807) is 31.5 Å². The fraction of sp³-hybridized carbons (Fsp3) is 0.182. The first kappa shape index (κ1) is 10.4. The lowest BCUT2D eigenvalue weighted by Gasteiger charge is -2.01. The SMILES string of the molecule is COC(=O)c1c(-c2ccncc2)n[nH]c1C. The Morgan fingerprint density at radius 3 is 2.69 bits per heavy atom. The summed E-state index contributed by atoms with van der Waals surface area (Å²) in [4.78, 5) is 15.5. The van der Waals surface area contributed by atoms with Crippen molar-refractivity contribution in [1.29, 1.82) is 0 Å². The number of carbonyl (C=O) groups is 1. The highest BCUT2D eigenvalue weighted by molar-refractivity contribution is 5.97. The molecule has 5 nitrogen and oxygen atoms in total. The molecular formula is C11H11N3O2. The molecule has 2 heterocycles.